The minimum absolute atomic E-state index is 0.127. The number of hydrogen-bond acceptors (Lipinski definition) is 4. The van der Waals surface area contributed by atoms with E-state index in [2.05, 4.69) is 4.90 Å². The summed E-state index contributed by atoms with van der Waals surface area (Å²) in [6, 6.07) is 0. The summed E-state index contributed by atoms with van der Waals surface area (Å²) < 4.78 is 5.63. The molecule has 1 N–H and O–H groups in total. The molecule has 118 valence electrons. The summed E-state index contributed by atoms with van der Waals surface area (Å²) in [4.78, 5) is 27.2. The molecule has 1 amide bonds. The van der Waals surface area contributed by atoms with Crippen molar-refractivity contribution in [2.45, 2.75) is 32.8 Å². The summed E-state index contributed by atoms with van der Waals surface area (Å²) in [7, 11) is 0. The smallest absolute Gasteiger partial charge is 0.331 e. The molecule has 2 aliphatic heterocycles. The van der Waals surface area contributed by atoms with E-state index in [-0.39, 0.29) is 11.5 Å². The molecule has 21 heavy (non-hydrogen) atoms. The van der Waals surface area contributed by atoms with Crippen LogP contribution in [0, 0.1) is 0 Å². The van der Waals surface area contributed by atoms with Gasteiger partial charge in [-0.3, -0.25) is 9.69 Å². The van der Waals surface area contributed by atoms with E-state index in [9.17, 15) is 9.59 Å². The zero-order chi connectivity index (χ0) is 15.4. The van der Waals surface area contributed by atoms with Gasteiger partial charge in [-0.1, -0.05) is 0 Å². The molecule has 6 heteroatoms. The summed E-state index contributed by atoms with van der Waals surface area (Å²) in [6.45, 7) is 7.81. The van der Waals surface area contributed by atoms with Crippen molar-refractivity contribution >= 4 is 11.9 Å². The summed E-state index contributed by atoms with van der Waals surface area (Å²) in [5, 5.41) is 8.95. The molecule has 0 aromatic rings. The Hall–Kier alpha value is -1.40. The minimum Gasteiger partial charge on any atom is -0.478 e. The van der Waals surface area contributed by atoms with Crippen LogP contribution < -0.4 is 0 Å². The van der Waals surface area contributed by atoms with Gasteiger partial charge in [0.25, 0.3) is 0 Å². The number of nitrogens with zero attached hydrogens (tertiary/aromatic N) is 2. The van der Waals surface area contributed by atoms with Gasteiger partial charge in [0, 0.05) is 50.5 Å². The molecule has 0 bridgehead atoms. The zero-order valence-electron chi connectivity index (χ0n) is 12.8. The molecule has 2 fully saturated rings. The maximum Gasteiger partial charge on any atom is 0.331 e. The van der Waals surface area contributed by atoms with Gasteiger partial charge in [0.05, 0.1) is 6.10 Å². The first-order chi connectivity index (χ1) is 9.99. The van der Waals surface area contributed by atoms with Crippen LogP contribution in [0.25, 0.3) is 0 Å². The second-order valence-electron chi connectivity index (χ2n) is 5.78. The molecule has 0 aromatic heterocycles. The molecule has 2 heterocycles. The molecule has 0 saturated carbocycles. The van der Waals surface area contributed by atoms with Crippen LogP contribution in [0.1, 0.15) is 26.7 Å². The van der Waals surface area contributed by atoms with Crippen LogP contribution in [-0.2, 0) is 14.3 Å². The molecule has 1 unspecified atom stereocenters. The van der Waals surface area contributed by atoms with E-state index >= 15 is 0 Å². The molecule has 0 radical (unpaired) electrons. The Bertz CT molecular complexity index is 433. The van der Waals surface area contributed by atoms with E-state index in [4.69, 9.17) is 9.84 Å². The number of carboxylic acids is 1. The fourth-order valence-electron chi connectivity index (χ4n) is 2.77. The molecule has 6 nitrogen and oxygen atoms in total. The lowest BCUT2D eigenvalue weighted by molar-refractivity contribution is -0.134. The van der Waals surface area contributed by atoms with E-state index in [1.54, 1.807) is 11.8 Å². The fraction of sp³-hybridized carbons (Fsp3) is 0.733. The normalized spacial score (nSPS) is 24.9. The number of carbonyl (C=O) groups is 2. The van der Waals surface area contributed by atoms with Gasteiger partial charge in [0.1, 0.15) is 0 Å². The topological polar surface area (TPSA) is 70.1 Å². The minimum atomic E-state index is -1.03. The number of ether oxygens (including phenoxy) is 1. The number of aliphatic carboxylic acids is 1. The van der Waals surface area contributed by atoms with Crippen molar-refractivity contribution in [1.82, 2.24) is 9.80 Å². The van der Waals surface area contributed by atoms with Gasteiger partial charge in [-0.25, -0.2) is 4.79 Å². The van der Waals surface area contributed by atoms with Gasteiger partial charge in [0.2, 0.25) is 5.91 Å². The molecule has 1 atom stereocenters. The van der Waals surface area contributed by atoms with E-state index in [1.807, 2.05) is 0 Å². The highest BCUT2D eigenvalue weighted by Gasteiger charge is 2.26. The van der Waals surface area contributed by atoms with Gasteiger partial charge in [0.15, 0.2) is 0 Å². The van der Waals surface area contributed by atoms with Crippen molar-refractivity contribution in [3.63, 3.8) is 0 Å². The van der Waals surface area contributed by atoms with Gasteiger partial charge in [-0.05, 0) is 26.7 Å². The molecule has 0 aromatic carbocycles. The Morgan fingerprint density at radius 1 is 1.14 bits per heavy atom. The molecule has 0 aliphatic carbocycles. The first-order valence-corrected chi connectivity index (χ1v) is 7.53. The standard InChI is InChI=1S/C15H24N2O4/c1-11(12(2)15(19)20)14(18)17-7-5-16(6-8-17)10-13-4-3-9-21-13/h13H,3-10H2,1-2H3,(H,19,20). The third-order valence-corrected chi connectivity index (χ3v) is 4.35. The molecule has 2 saturated heterocycles. The lowest BCUT2D eigenvalue weighted by Crippen LogP contribution is -2.50. The molecular formula is C15H24N2O4. The Kier molecular flexibility index (Phi) is 5.36. The quantitative estimate of drug-likeness (QED) is 0.775. The zero-order valence-corrected chi connectivity index (χ0v) is 12.8. The predicted octanol–water partition coefficient (Wildman–Crippen LogP) is 0.731. The maximum atomic E-state index is 12.3. The van der Waals surface area contributed by atoms with Crippen molar-refractivity contribution in [2.75, 3.05) is 39.3 Å². The van der Waals surface area contributed by atoms with Crippen molar-refractivity contribution in [1.29, 1.82) is 0 Å². The second kappa shape index (κ2) is 7.04. The maximum absolute atomic E-state index is 12.3. The third kappa shape index (κ3) is 4.04. The SMILES string of the molecule is CC(C(=O)O)=C(C)C(=O)N1CCN(CC2CCCO2)CC1. The Balaban J connectivity index is 1.84. The summed E-state index contributed by atoms with van der Waals surface area (Å²) in [6.07, 6.45) is 2.60. The van der Waals surface area contributed by atoms with E-state index in [1.165, 1.54) is 6.92 Å². The monoisotopic (exact) mass is 296 g/mol. The van der Waals surface area contributed by atoms with E-state index in [0.29, 0.717) is 24.8 Å². The third-order valence-electron chi connectivity index (χ3n) is 4.35. The summed E-state index contributed by atoms with van der Waals surface area (Å²) >= 11 is 0. The average Bonchev–Trinajstić information content (AvgIpc) is 2.98. The lowest BCUT2D eigenvalue weighted by atomic mass is 10.1. The molecule has 2 aliphatic rings. The number of carboxylic acid groups (broad SMARTS) is 1. The van der Waals surface area contributed by atoms with E-state index in [0.717, 1.165) is 39.1 Å². The lowest BCUT2D eigenvalue weighted by Gasteiger charge is -2.36. The van der Waals surface area contributed by atoms with Crippen LogP contribution in [0.4, 0.5) is 0 Å². The molecule has 2 rings (SSSR count). The van der Waals surface area contributed by atoms with Crippen LogP contribution in [0.3, 0.4) is 0 Å². The van der Waals surface area contributed by atoms with Crippen LogP contribution in [0.5, 0.6) is 0 Å². The summed E-state index contributed by atoms with van der Waals surface area (Å²) in [5.74, 6) is -1.19. The van der Waals surface area contributed by atoms with Crippen LogP contribution in [0.15, 0.2) is 11.1 Å². The van der Waals surface area contributed by atoms with Gasteiger partial charge in [-0.2, -0.15) is 0 Å². The Labute approximate surface area is 125 Å². The van der Waals surface area contributed by atoms with Crippen molar-refractivity contribution in [2.24, 2.45) is 0 Å². The van der Waals surface area contributed by atoms with Crippen LogP contribution >= 0.6 is 0 Å². The summed E-state index contributed by atoms with van der Waals surface area (Å²) in [5.41, 5.74) is 0.455. The van der Waals surface area contributed by atoms with Crippen LogP contribution in [-0.4, -0.2) is 72.2 Å². The van der Waals surface area contributed by atoms with Crippen molar-refractivity contribution < 1.29 is 19.4 Å². The van der Waals surface area contributed by atoms with Crippen molar-refractivity contribution in [3.05, 3.63) is 11.1 Å². The number of amides is 1. The largest absolute Gasteiger partial charge is 0.478 e. The van der Waals surface area contributed by atoms with Crippen LogP contribution in [0.2, 0.25) is 0 Å². The van der Waals surface area contributed by atoms with Gasteiger partial charge < -0.3 is 14.7 Å². The fourth-order valence-corrected chi connectivity index (χ4v) is 2.77. The number of piperazine rings is 1. The van der Waals surface area contributed by atoms with Gasteiger partial charge >= 0.3 is 5.97 Å². The Morgan fingerprint density at radius 2 is 1.81 bits per heavy atom. The first kappa shape index (κ1) is 16.0. The molecule has 0 spiro atoms. The number of rotatable bonds is 4. The average molecular weight is 296 g/mol. The number of hydrogen-bond donors (Lipinski definition) is 1. The number of carbonyl (C=O) groups excluding carboxylic acids is 1. The second-order valence-corrected chi connectivity index (χ2v) is 5.78. The predicted molar refractivity (Wildman–Crippen MR) is 78.0 cm³/mol. The van der Waals surface area contributed by atoms with E-state index < -0.39 is 5.97 Å². The van der Waals surface area contributed by atoms with Crippen molar-refractivity contribution in [3.8, 4) is 0 Å². The highest BCUT2D eigenvalue weighted by molar-refractivity contribution is 6.01. The highest BCUT2D eigenvalue weighted by Crippen LogP contribution is 2.15. The van der Waals surface area contributed by atoms with Gasteiger partial charge in [-0.15, -0.1) is 0 Å². The Morgan fingerprint density at radius 3 is 2.33 bits per heavy atom. The first-order valence-electron chi connectivity index (χ1n) is 7.53. The highest BCUT2D eigenvalue weighted by atomic mass is 16.5. The molecular weight excluding hydrogens is 272 g/mol.